The van der Waals surface area contributed by atoms with E-state index in [1.165, 1.54) is 5.56 Å². The van der Waals surface area contributed by atoms with Crippen LogP contribution in [0.4, 0.5) is 0 Å². The summed E-state index contributed by atoms with van der Waals surface area (Å²) in [6, 6.07) is 16.0. The molecule has 2 N–H and O–H groups in total. The molecular weight excluding hydrogens is 312 g/mol. The first kappa shape index (κ1) is 15.8. The number of carbonyl (C=O) groups excluding carboxylic acids is 1. The van der Waals surface area contributed by atoms with Crippen LogP contribution in [0.1, 0.15) is 34.1 Å². The molecule has 4 rings (SSSR count). The summed E-state index contributed by atoms with van der Waals surface area (Å²) in [4.78, 5) is 17.1. The number of nitrogens with zero attached hydrogens (tertiary/aromatic N) is 2. The van der Waals surface area contributed by atoms with Gasteiger partial charge >= 0.3 is 0 Å². The number of para-hydroxylation sites is 2. The van der Waals surface area contributed by atoms with Crippen LogP contribution < -0.4 is 10.6 Å². The number of carbonyl (C=O) groups is 1. The molecule has 128 valence electrons. The summed E-state index contributed by atoms with van der Waals surface area (Å²) in [5.74, 6) is 1.30. The number of amides is 1. The van der Waals surface area contributed by atoms with E-state index < -0.39 is 0 Å². The third kappa shape index (κ3) is 3.15. The van der Waals surface area contributed by atoms with Crippen LogP contribution in [0.15, 0.2) is 48.5 Å². The Balaban J connectivity index is 1.48. The summed E-state index contributed by atoms with van der Waals surface area (Å²) >= 11 is 0. The summed E-state index contributed by atoms with van der Waals surface area (Å²) in [7, 11) is 1.98. The minimum Gasteiger partial charge on any atom is -0.345 e. The molecule has 2 aromatic carbocycles. The second-order valence-electron chi connectivity index (χ2n) is 6.57. The van der Waals surface area contributed by atoms with Crippen molar-refractivity contribution in [2.24, 2.45) is 7.05 Å². The summed E-state index contributed by atoms with van der Waals surface area (Å²) in [5, 5.41) is 6.37. The van der Waals surface area contributed by atoms with Crippen LogP contribution in [0.25, 0.3) is 11.0 Å². The molecule has 0 saturated carbocycles. The van der Waals surface area contributed by atoms with E-state index in [-0.39, 0.29) is 5.91 Å². The molecule has 0 aliphatic carbocycles. The highest BCUT2D eigenvalue weighted by Gasteiger charge is 2.18. The minimum absolute atomic E-state index is 0.0557. The standard InChI is InChI=1S/C20H22N4O/c1-24-18-8-3-2-7-17(18)23-19(24)13-22-20(25)15-6-4-5-14(11-15)16-9-10-21-12-16/h2-8,11,16,21H,9-10,12-13H2,1H3,(H,22,25)/t16-/m0/s1. The first-order valence-corrected chi connectivity index (χ1v) is 8.71. The number of fused-ring (bicyclic) bond motifs is 1. The van der Waals surface area contributed by atoms with Crippen molar-refractivity contribution in [2.75, 3.05) is 13.1 Å². The first-order valence-electron chi connectivity index (χ1n) is 8.71. The zero-order chi connectivity index (χ0) is 17.2. The van der Waals surface area contributed by atoms with Crippen LogP contribution in [-0.2, 0) is 13.6 Å². The molecule has 1 aromatic heterocycles. The van der Waals surface area contributed by atoms with E-state index in [1.807, 2.05) is 54.1 Å². The van der Waals surface area contributed by atoms with Crippen LogP contribution in [0.3, 0.4) is 0 Å². The Morgan fingerprint density at radius 2 is 2.16 bits per heavy atom. The Kier molecular flexibility index (Phi) is 4.24. The van der Waals surface area contributed by atoms with Crippen LogP contribution in [0.2, 0.25) is 0 Å². The van der Waals surface area contributed by atoms with Gasteiger partial charge in [-0.2, -0.15) is 0 Å². The summed E-state index contributed by atoms with van der Waals surface area (Å²) in [6.07, 6.45) is 1.13. The number of aromatic nitrogens is 2. The Morgan fingerprint density at radius 1 is 1.28 bits per heavy atom. The number of benzene rings is 2. The number of hydrogen-bond donors (Lipinski definition) is 2. The summed E-state index contributed by atoms with van der Waals surface area (Å²) in [5.41, 5.74) is 3.97. The van der Waals surface area contributed by atoms with Crippen molar-refractivity contribution in [3.8, 4) is 0 Å². The van der Waals surface area contributed by atoms with Gasteiger partial charge in [0.05, 0.1) is 17.6 Å². The van der Waals surface area contributed by atoms with E-state index in [0.717, 1.165) is 36.4 Å². The molecule has 0 unspecified atom stereocenters. The average molecular weight is 334 g/mol. The SMILES string of the molecule is Cn1c(CNC(=O)c2cccc([C@H]3CCNC3)c2)nc2ccccc21. The van der Waals surface area contributed by atoms with Crippen LogP contribution in [-0.4, -0.2) is 28.5 Å². The fourth-order valence-corrected chi connectivity index (χ4v) is 3.49. The van der Waals surface area contributed by atoms with Gasteiger partial charge in [0.25, 0.3) is 5.91 Å². The molecule has 25 heavy (non-hydrogen) atoms. The lowest BCUT2D eigenvalue weighted by atomic mass is 9.96. The quantitative estimate of drug-likeness (QED) is 0.771. The van der Waals surface area contributed by atoms with Gasteiger partial charge in [-0.1, -0.05) is 24.3 Å². The van der Waals surface area contributed by atoms with Gasteiger partial charge in [-0.05, 0) is 48.7 Å². The van der Waals surface area contributed by atoms with Crippen LogP contribution >= 0.6 is 0 Å². The lowest BCUT2D eigenvalue weighted by Crippen LogP contribution is -2.24. The molecule has 1 aliphatic heterocycles. The van der Waals surface area contributed by atoms with Gasteiger partial charge in [0, 0.05) is 19.2 Å². The normalized spacial score (nSPS) is 17.1. The predicted octanol–water partition coefficient (Wildman–Crippen LogP) is 2.58. The molecule has 1 fully saturated rings. The minimum atomic E-state index is -0.0557. The smallest absolute Gasteiger partial charge is 0.251 e. The molecule has 5 heteroatoms. The van der Waals surface area contributed by atoms with Crippen molar-refractivity contribution < 1.29 is 4.79 Å². The van der Waals surface area contributed by atoms with Gasteiger partial charge in [0.2, 0.25) is 0 Å². The Morgan fingerprint density at radius 3 is 2.96 bits per heavy atom. The molecule has 1 saturated heterocycles. The molecule has 3 aromatic rings. The topological polar surface area (TPSA) is 59.0 Å². The van der Waals surface area contributed by atoms with Crippen molar-refractivity contribution in [2.45, 2.75) is 18.9 Å². The van der Waals surface area contributed by atoms with E-state index in [9.17, 15) is 4.79 Å². The number of rotatable bonds is 4. The maximum atomic E-state index is 12.5. The van der Waals surface area contributed by atoms with E-state index in [0.29, 0.717) is 18.0 Å². The molecule has 5 nitrogen and oxygen atoms in total. The Hall–Kier alpha value is -2.66. The zero-order valence-electron chi connectivity index (χ0n) is 14.3. The monoisotopic (exact) mass is 334 g/mol. The van der Waals surface area contributed by atoms with Crippen molar-refractivity contribution in [3.05, 3.63) is 65.5 Å². The third-order valence-corrected chi connectivity index (χ3v) is 4.97. The van der Waals surface area contributed by atoms with Crippen LogP contribution in [0, 0.1) is 0 Å². The average Bonchev–Trinajstić information content (AvgIpc) is 3.29. The molecule has 1 amide bonds. The lowest BCUT2D eigenvalue weighted by Gasteiger charge is -2.11. The zero-order valence-corrected chi connectivity index (χ0v) is 14.3. The molecule has 2 heterocycles. The molecular formula is C20H22N4O. The summed E-state index contributed by atoms with van der Waals surface area (Å²) < 4.78 is 2.02. The number of aryl methyl sites for hydroxylation is 1. The highest BCUT2D eigenvalue weighted by atomic mass is 16.1. The largest absolute Gasteiger partial charge is 0.345 e. The van der Waals surface area contributed by atoms with Crippen molar-refractivity contribution in [1.29, 1.82) is 0 Å². The molecule has 1 aliphatic rings. The van der Waals surface area contributed by atoms with Gasteiger partial charge in [-0.25, -0.2) is 4.98 Å². The third-order valence-electron chi connectivity index (χ3n) is 4.97. The number of imidazole rings is 1. The first-order chi connectivity index (χ1) is 12.2. The fraction of sp³-hybridized carbons (Fsp3) is 0.300. The molecule has 1 atom stereocenters. The highest BCUT2D eigenvalue weighted by molar-refractivity contribution is 5.94. The second kappa shape index (κ2) is 6.69. The van der Waals surface area contributed by atoms with E-state index in [4.69, 9.17) is 0 Å². The second-order valence-corrected chi connectivity index (χ2v) is 6.57. The maximum Gasteiger partial charge on any atom is 0.251 e. The van der Waals surface area contributed by atoms with E-state index in [1.54, 1.807) is 0 Å². The van der Waals surface area contributed by atoms with Gasteiger partial charge in [0.1, 0.15) is 5.82 Å². The predicted molar refractivity (Wildman–Crippen MR) is 98.6 cm³/mol. The molecule has 0 radical (unpaired) electrons. The maximum absolute atomic E-state index is 12.5. The number of nitrogens with one attached hydrogen (secondary N) is 2. The lowest BCUT2D eigenvalue weighted by molar-refractivity contribution is 0.0949. The van der Waals surface area contributed by atoms with E-state index in [2.05, 4.69) is 21.7 Å². The van der Waals surface area contributed by atoms with Gasteiger partial charge in [0.15, 0.2) is 0 Å². The summed E-state index contributed by atoms with van der Waals surface area (Å²) in [6.45, 7) is 2.46. The Labute approximate surface area is 147 Å². The number of hydrogen-bond acceptors (Lipinski definition) is 3. The molecule has 0 bridgehead atoms. The van der Waals surface area contributed by atoms with Gasteiger partial charge in [-0.15, -0.1) is 0 Å². The van der Waals surface area contributed by atoms with E-state index >= 15 is 0 Å². The van der Waals surface area contributed by atoms with Crippen molar-refractivity contribution in [1.82, 2.24) is 20.2 Å². The van der Waals surface area contributed by atoms with Crippen molar-refractivity contribution in [3.63, 3.8) is 0 Å². The Bertz CT molecular complexity index is 909. The highest BCUT2D eigenvalue weighted by Crippen LogP contribution is 2.23. The van der Waals surface area contributed by atoms with Gasteiger partial charge in [-0.3, -0.25) is 4.79 Å². The molecule has 0 spiro atoms. The fourth-order valence-electron chi connectivity index (χ4n) is 3.49. The van der Waals surface area contributed by atoms with Crippen LogP contribution in [0.5, 0.6) is 0 Å². The van der Waals surface area contributed by atoms with Crippen molar-refractivity contribution >= 4 is 16.9 Å². The van der Waals surface area contributed by atoms with Gasteiger partial charge < -0.3 is 15.2 Å².